The zero-order chi connectivity index (χ0) is 13.7. The predicted octanol–water partition coefficient (Wildman–Crippen LogP) is 1.04. The Kier molecular flexibility index (Phi) is 4.95. The van der Waals surface area contributed by atoms with Gasteiger partial charge in [0, 0.05) is 19.6 Å². The van der Waals surface area contributed by atoms with Gasteiger partial charge in [-0.15, -0.1) is 0 Å². The molecule has 0 radical (unpaired) electrons. The second-order valence-corrected chi connectivity index (χ2v) is 4.84. The van der Waals surface area contributed by atoms with Gasteiger partial charge < -0.3 is 15.3 Å². The van der Waals surface area contributed by atoms with Gasteiger partial charge in [0.1, 0.15) is 0 Å². The Balaban J connectivity index is 2.49. The first kappa shape index (κ1) is 14.3. The zero-order valence-electron chi connectivity index (χ0n) is 10.7. The zero-order valence-corrected chi connectivity index (χ0v) is 10.7. The molecule has 0 aromatic heterocycles. The molecule has 1 saturated carbocycles. The van der Waals surface area contributed by atoms with E-state index in [0.29, 0.717) is 19.4 Å². The number of carbonyl (C=O) groups excluding carboxylic acids is 1. The highest BCUT2D eigenvalue weighted by Crippen LogP contribution is 2.25. The van der Waals surface area contributed by atoms with E-state index >= 15 is 0 Å². The van der Waals surface area contributed by atoms with Crippen molar-refractivity contribution in [2.45, 2.75) is 32.2 Å². The van der Waals surface area contributed by atoms with Crippen molar-refractivity contribution in [2.24, 2.45) is 11.8 Å². The molecule has 1 rings (SSSR count). The number of carboxylic acid groups (broad SMARTS) is 1. The summed E-state index contributed by atoms with van der Waals surface area (Å²) in [7, 11) is 1.61. The summed E-state index contributed by atoms with van der Waals surface area (Å²) in [4.78, 5) is 24.2. The Bertz CT molecular complexity index is 364. The minimum atomic E-state index is -0.856. The van der Waals surface area contributed by atoms with Gasteiger partial charge in [-0.3, -0.25) is 4.79 Å². The molecular formula is C12H19N3O3. The highest BCUT2D eigenvalue weighted by atomic mass is 16.4. The lowest BCUT2D eigenvalue weighted by Gasteiger charge is -2.23. The van der Waals surface area contributed by atoms with Gasteiger partial charge in [0.25, 0.3) is 0 Å². The Labute approximate surface area is 107 Å². The minimum Gasteiger partial charge on any atom is -0.481 e. The molecule has 3 unspecified atom stereocenters. The van der Waals surface area contributed by atoms with Crippen LogP contribution >= 0.6 is 0 Å². The van der Waals surface area contributed by atoms with Crippen molar-refractivity contribution in [1.82, 2.24) is 10.2 Å². The fraction of sp³-hybridized carbons (Fsp3) is 0.750. The number of hydrogen-bond donors (Lipinski definition) is 2. The molecule has 0 aromatic rings. The lowest BCUT2D eigenvalue weighted by molar-refractivity contribution is -0.142. The monoisotopic (exact) mass is 253 g/mol. The molecule has 0 saturated heterocycles. The highest BCUT2D eigenvalue weighted by Gasteiger charge is 2.34. The maximum atomic E-state index is 11.8. The van der Waals surface area contributed by atoms with Gasteiger partial charge in [-0.2, -0.15) is 5.26 Å². The van der Waals surface area contributed by atoms with Crippen molar-refractivity contribution < 1.29 is 14.7 Å². The van der Waals surface area contributed by atoms with Crippen LogP contribution in [0, 0.1) is 23.2 Å². The SMILES string of the molecule is CC(C#N)CN(C)C(=O)NC1CCCC1C(=O)O. The van der Waals surface area contributed by atoms with E-state index in [1.54, 1.807) is 14.0 Å². The molecule has 6 nitrogen and oxygen atoms in total. The third kappa shape index (κ3) is 3.62. The minimum absolute atomic E-state index is 0.236. The maximum Gasteiger partial charge on any atom is 0.317 e. The molecule has 1 aliphatic rings. The van der Waals surface area contributed by atoms with E-state index < -0.39 is 11.9 Å². The average molecular weight is 253 g/mol. The molecule has 18 heavy (non-hydrogen) atoms. The summed E-state index contributed by atoms with van der Waals surface area (Å²) in [6, 6.07) is 1.45. The Morgan fingerprint density at radius 1 is 1.56 bits per heavy atom. The van der Waals surface area contributed by atoms with Gasteiger partial charge >= 0.3 is 12.0 Å². The summed E-state index contributed by atoms with van der Waals surface area (Å²) < 4.78 is 0. The largest absolute Gasteiger partial charge is 0.481 e. The highest BCUT2D eigenvalue weighted by molar-refractivity contribution is 5.77. The van der Waals surface area contributed by atoms with Gasteiger partial charge in [0.15, 0.2) is 0 Å². The lowest BCUT2D eigenvalue weighted by atomic mass is 10.0. The van der Waals surface area contributed by atoms with E-state index in [4.69, 9.17) is 10.4 Å². The summed E-state index contributed by atoms with van der Waals surface area (Å²) in [5.41, 5.74) is 0. The van der Waals surface area contributed by atoms with Crippen molar-refractivity contribution >= 4 is 12.0 Å². The first-order valence-corrected chi connectivity index (χ1v) is 6.09. The number of rotatable bonds is 4. The first-order valence-electron chi connectivity index (χ1n) is 6.09. The van der Waals surface area contributed by atoms with Crippen molar-refractivity contribution in [3.8, 4) is 6.07 Å². The Morgan fingerprint density at radius 3 is 2.78 bits per heavy atom. The van der Waals surface area contributed by atoms with Gasteiger partial charge in [0.2, 0.25) is 0 Å². The quantitative estimate of drug-likeness (QED) is 0.782. The number of aliphatic carboxylic acids is 1. The standard InChI is InChI=1S/C12H19N3O3/c1-8(6-13)7-15(2)12(18)14-10-5-3-4-9(10)11(16)17/h8-10H,3-5,7H2,1-2H3,(H,14,18)(H,16,17). The topological polar surface area (TPSA) is 93.4 Å². The third-order valence-corrected chi connectivity index (χ3v) is 3.26. The maximum absolute atomic E-state index is 11.8. The van der Waals surface area contributed by atoms with Crippen molar-refractivity contribution in [3.63, 3.8) is 0 Å². The lowest BCUT2D eigenvalue weighted by Crippen LogP contribution is -2.46. The van der Waals surface area contributed by atoms with E-state index in [9.17, 15) is 9.59 Å². The van der Waals surface area contributed by atoms with E-state index in [1.807, 2.05) is 0 Å². The van der Waals surface area contributed by atoms with Crippen LogP contribution in [-0.2, 0) is 4.79 Å². The molecule has 0 heterocycles. The van der Waals surface area contributed by atoms with Crippen LogP contribution in [-0.4, -0.2) is 41.6 Å². The van der Waals surface area contributed by atoms with Crippen LogP contribution in [0.3, 0.4) is 0 Å². The van der Waals surface area contributed by atoms with E-state index in [2.05, 4.69) is 11.4 Å². The number of hydrogen-bond acceptors (Lipinski definition) is 3. The molecule has 0 aliphatic heterocycles. The fourth-order valence-corrected chi connectivity index (χ4v) is 2.23. The summed E-state index contributed by atoms with van der Waals surface area (Å²) in [5.74, 6) is -1.58. The van der Waals surface area contributed by atoms with E-state index in [0.717, 1.165) is 6.42 Å². The van der Waals surface area contributed by atoms with Crippen molar-refractivity contribution in [3.05, 3.63) is 0 Å². The second-order valence-electron chi connectivity index (χ2n) is 4.84. The second kappa shape index (κ2) is 6.24. The molecule has 2 amide bonds. The number of amides is 2. The molecule has 1 aliphatic carbocycles. The summed E-state index contributed by atoms with van der Waals surface area (Å²) in [6.45, 7) is 2.08. The number of carboxylic acids is 1. The van der Waals surface area contributed by atoms with Crippen LogP contribution < -0.4 is 5.32 Å². The number of urea groups is 1. The van der Waals surface area contributed by atoms with Crippen LogP contribution in [0.5, 0.6) is 0 Å². The number of carbonyl (C=O) groups is 2. The van der Waals surface area contributed by atoms with E-state index in [1.165, 1.54) is 4.90 Å². The van der Waals surface area contributed by atoms with Gasteiger partial charge in [-0.1, -0.05) is 6.42 Å². The van der Waals surface area contributed by atoms with Crippen LogP contribution in [0.4, 0.5) is 4.79 Å². The Morgan fingerprint density at radius 2 is 2.22 bits per heavy atom. The number of nitrogens with zero attached hydrogens (tertiary/aromatic N) is 2. The normalized spacial score (nSPS) is 24.1. The predicted molar refractivity (Wildman–Crippen MR) is 64.7 cm³/mol. The molecule has 0 spiro atoms. The van der Waals surface area contributed by atoms with Crippen LogP contribution in [0.1, 0.15) is 26.2 Å². The average Bonchev–Trinajstić information content (AvgIpc) is 2.76. The van der Waals surface area contributed by atoms with Crippen LogP contribution in [0.25, 0.3) is 0 Å². The molecule has 0 aromatic carbocycles. The number of nitrogens with one attached hydrogen (secondary N) is 1. The molecule has 2 N–H and O–H groups in total. The van der Waals surface area contributed by atoms with Crippen molar-refractivity contribution in [2.75, 3.05) is 13.6 Å². The fourth-order valence-electron chi connectivity index (χ4n) is 2.23. The van der Waals surface area contributed by atoms with Gasteiger partial charge in [0.05, 0.1) is 17.9 Å². The smallest absolute Gasteiger partial charge is 0.317 e. The first-order chi connectivity index (χ1) is 8.45. The third-order valence-electron chi connectivity index (χ3n) is 3.26. The number of nitriles is 1. The molecule has 0 bridgehead atoms. The van der Waals surface area contributed by atoms with Gasteiger partial charge in [-0.05, 0) is 19.8 Å². The molecule has 6 heteroatoms. The molecular weight excluding hydrogens is 234 g/mol. The Hall–Kier alpha value is -1.77. The summed E-state index contributed by atoms with van der Waals surface area (Å²) >= 11 is 0. The molecule has 3 atom stereocenters. The van der Waals surface area contributed by atoms with Crippen LogP contribution in [0.15, 0.2) is 0 Å². The molecule has 100 valence electrons. The van der Waals surface area contributed by atoms with Gasteiger partial charge in [-0.25, -0.2) is 4.79 Å². The summed E-state index contributed by atoms with van der Waals surface area (Å²) in [5, 5.41) is 20.4. The molecule has 1 fully saturated rings. The summed E-state index contributed by atoms with van der Waals surface area (Å²) in [6.07, 6.45) is 2.13. The van der Waals surface area contributed by atoms with E-state index in [-0.39, 0.29) is 18.0 Å². The van der Waals surface area contributed by atoms with Crippen molar-refractivity contribution in [1.29, 1.82) is 5.26 Å². The van der Waals surface area contributed by atoms with Crippen LogP contribution in [0.2, 0.25) is 0 Å².